The van der Waals surface area contributed by atoms with Crippen LogP contribution in [0.3, 0.4) is 0 Å². The fourth-order valence-electron chi connectivity index (χ4n) is 4.65. The molecule has 0 saturated carbocycles. The van der Waals surface area contributed by atoms with Gasteiger partial charge in [0.05, 0.1) is 23.6 Å². The number of hydrogen-bond acceptors (Lipinski definition) is 9. The van der Waals surface area contributed by atoms with Gasteiger partial charge in [-0.25, -0.2) is 9.79 Å². The molecule has 0 spiro atoms. The summed E-state index contributed by atoms with van der Waals surface area (Å²) in [5.41, 5.74) is 3.41. The minimum Gasteiger partial charge on any atom is -0.462 e. The van der Waals surface area contributed by atoms with Crippen LogP contribution in [0.2, 0.25) is 0 Å². The number of nitrogens with zero attached hydrogens (tertiary/aromatic N) is 4. The summed E-state index contributed by atoms with van der Waals surface area (Å²) in [6, 6.07) is 0. The number of carbonyl (C=O) groups excluding carboxylic acids is 3. The summed E-state index contributed by atoms with van der Waals surface area (Å²) >= 11 is 2.66. The van der Waals surface area contributed by atoms with Crippen molar-refractivity contribution >= 4 is 57.1 Å². The van der Waals surface area contributed by atoms with E-state index in [1.54, 1.807) is 29.7 Å². The predicted octanol–water partition coefficient (Wildman–Crippen LogP) is 4.18. The van der Waals surface area contributed by atoms with E-state index in [1.165, 1.54) is 23.1 Å². The van der Waals surface area contributed by atoms with Gasteiger partial charge in [-0.1, -0.05) is 18.2 Å². The summed E-state index contributed by atoms with van der Waals surface area (Å²) in [6.45, 7) is 4.85. The topological polar surface area (TPSA) is 115 Å². The number of amidine groups is 1. The maximum absolute atomic E-state index is 13.2. The van der Waals surface area contributed by atoms with Crippen LogP contribution in [-0.4, -0.2) is 70.3 Å². The van der Waals surface area contributed by atoms with Crippen molar-refractivity contribution in [2.24, 2.45) is 12.0 Å². The highest BCUT2D eigenvalue weighted by Crippen LogP contribution is 2.38. The Morgan fingerprint density at radius 2 is 2.05 bits per heavy atom. The molecule has 0 atom stereocenters. The highest BCUT2D eigenvalue weighted by atomic mass is 32.2. The lowest BCUT2D eigenvalue weighted by Crippen LogP contribution is -2.32. The van der Waals surface area contributed by atoms with Gasteiger partial charge >= 0.3 is 5.97 Å². The molecule has 1 aliphatic heterocycles. The number of thioether (sulfide) groups is 1. The molecule has 0 aromatic carbocycles. The van der Waals surface area contributed by atoms with E-state index in [4.69, 9.17) is 9.47 Å². The van der Waals surface area contributed by atoms with Crippen LogP contribution in [0, 0.1) is 6.92 Å². The largest absolute Gasteiger partial charge is 0.462 e. The zero-order chi connectivity index (χ0) is 27.9. The van der Waals surface area contributed by atoms with Gasteiger partial charge in [0.15, 0.2) is 5.17 Å². The number of thiophene rings is 1. The Labute approximate surface area is 236 Å². The Morgan fingerprint density at radius 1 is 1.26 bits per heavy atom. The summed E-state index contributed by atoms with van der Waals surface area (Å²) in [5, 5.41) is 8.28. The molecular weight excluding hydrogens is 538 g/mol. The standard InChI is InChI=1S/C27H35N5O5S2/c1-5-37-26(35)23-19-10-7-6-8-11-21(19)39-24(23)29-22(33)16-38-27-28-20(14-18-15-31(3)30-17(18)2)25(34)32(27)12-9-13-36-4/h14-15H,5-13,16H2,1-4H3,(H,29,33). The summed E-state index contributed by atoms with van der Waals surface area (Å²) in [6.07, 6.45) is 9.12. The Bertz CT molecular complexity index is 1300. The average molecular weight is 574 g/mol. The van der Waals surface area contributed by atoms with E-state index in [-0.39, 0.29) is 24.2 Å². The number of aryl methyl sites for hydroxylation is 3. The van der Waals surface area contributed by atoms with E-state index in [1.807, 2.05) is 20.2 Å². The Hall–Kier alpha value is -2.96. The summed E-state index contributed by atoms with van der Waals surface area (Å²) in [7, 11) is 3.44. The zero-order valence-corrected chi connectivity index (χ0v) is 24.5. The number of aromatic nitrogens is 2. The monoisotopic (exact) mass is 573 g/mol. The molecule has 0 unspecified atom stereocenters. The van der Waals surface area contributed by atoms with E-state index in [0.717, 1.165) is 53.8 Å². The quantitative estimate of drug-likeness (QED) is 0.196. The average Bonchev–Trinajstić information content (AvgIpc) is 3.43. The number of methoxy groups -OCH3 is 1. The van der Waals surface area contributed by atoms with Crippen LogP contribution in [0.15, 0.2) is 16.9 Å². The summed E-state index contributed by atoms with van der Waals surface area (Å²) in [4.78, 5) is 46.4. The van der Waals surface area contributed by atoms with Crippen LogP contribution >= 0.6 is 23.1 Å². The molecular formula is C27H35N5O5S2. The SMILES string of the molecule is CCOC(=O)c1c(NC(=O)CSC2=NC(=Cc3cn(C)nc3C)C(=O)N2CCCOC)sc2c1CCCCC2. The first-order valence-corrected chi connectivity index (χ1v) is 15.0. The molecule has 2 aliphatic rings. The molecule has 39 heavy (non-hydrogen) atoms. The van der Waals surface area contributed by atoms with Gasteiger partial charge in [0.1, 0.15) is 10.7 Å². The first-order chi connectivity index (χ1) is 18.8. The van der Waals surface area contributed by atoms with Crippen molar-refractivity contribution in [1.29, 1.82) is 0 Å². The van der Waals surface area contributed by atoms with Crippen molar-refractivity contribution in [2.45, 2.75) is 52.4 Å². The lowest BCUT2D eigenvalue weighted by molar-refractivity contribution is -0.122. The number of carbonyl (C=O) groups is 3. The lowest BCUT2D eigenvalue weighted by Gasteiger charge is -2.17. The Kier molecular flexibility index (Phi) is 9.98. The Morgan fingerprint density at radius 3 is 2.77 bits per heavy atom. The fourth-order valence-corrected chi connectivity index (χ4v) is 6.77. The third-order valence-corrected chi connectivity index (χ3v) is 8.65. The van der Waals surface area contributed by atoms with Gasteiger partial charge in [0.2, 0.25) is 5.91 Å². The van der Waals surface area contributed by atoms with E-state index in [9.17, 15) is 14.4 Å². The van der Waals surface area contributed by atoms with Crippen molar-refractivity contribution in [3.63, 3.8) is 0 Å². The van der Waals surface area contributed by atoms with Crippen LogP contribution in [0.1, 0.15) is 64.7 Å². The number of ether oxygens (including phenoxy) is 2. The van der Waals surface area contributed by atoms with Gasteiger partial charge in [0.25, 0.3) is 5.91 Å². The third-order valence-electron chi connectivity index (χ3n) is 6.47. The molecule has 12 heteroatoms. The van der Waals surface area contributed by atoms with E-state index in [0.29, 0.717) is 41.0 Å². The molecule has 1 aliphatic carbocycles. The summed E-state index contributed by atoms with van der Waals surface area (Å²) < 4.78 is 12.2. The summed E-state index contributed by atoms with van der Waals surface area (Å²) in [5.74, 6) is -0.842. The number of hydrogen-bond donors (Lipinski definition) is 1. The number of fused-ring (bicyclic) bond motifs is 1. The molecule has 0 fully saturated rings. The zero-order valence-electron chi connectivity index (χ0n) is 22.9. The molecule has 0 saturated heterocycles. The highest BCUT2D eigenvalue weighted by molar-refractivity contribution is 8.14. The number of anilines is 1. The molecule has 2 aromatic rings. The van der Waals surface area contributed by atoms with Crippen molar-refractivity contribution in [3.05, 3.63) is 39.2 Å². The number of aliphatic imine (C=N–C) groups is 1. The second-order valence-electron chi connectivity index (χ2n) is 9.40. The van der Waals surface area contributed by atoms with E-state index in [2.05, 4.69) is 15.4 Å². The molecule has 1 N–H and O–H groups in total. The van der Waals surface area contributed by atoms with Crippen molar-refractivity contribution in [2.75, 3.05) is 37.9 Å². The molecule has 3 heterocycles. The fraction of sp³-hybridized carbons (Fsp3) is 0.519. The van der Waals surface area contributed by atoms with Gasteiger partial charge in [-0.15, -0.1) is 11.3 Å². The van der Waals surface area contributed by atoms with Crippen molar-refractivity contribution < 1.29 is 23.9 Å². The third kappa shape index (κ3) is 6.98. The molecule has 2 amide bonds. The van der Waals surface area contributed by atoms with Crippen LogP contribution in [0.5, 0.6) is 0 Å². The minimum atomic E-state index is -0.393. The predicted molar refractivity (Wildman–Crippen MR) is 154 cm³/mol. The maximum atomic E-state index is 13.2. The van der Waals surface area contributed by atoms with Crippen LogP contribution in [-0.2, 0) is 39.0 Å². The molecule has 0 bridgehead atoms. The minimum absolute atomic E-state index is 0.0386. The molecule has 0 radical (unpaired) electrons. The van der Waals surface area contributed by atoms with Crippen LogP contribution in [0.4, 0.5) is 5.00 Å². The van der Waals surface area contributed by atoms with Crippen LogP contribution in [0.25, 0.3) is 6.08 Å². The number of esters is 1. The maximum Gasteiger partial charge on any atom is 0.341 e. The molecule has 210 valence electrons. The number of amides is 2. The first-order valence-electron chi connectivity index (χ1n) is 13.2. The Balaban J connectivity index is 1.50. The molecule has 2 aromatic heterocycles. The number of rotatable bonds is 10. The highest BCUT2D eigenvalue weighted by Gasteiger charge is 2.31. The van der Waals surface area contributed by atoms with E-state index < -0.39 is 5.97 Å². The van der Waals surface area contributed by atoms with Crippen LogP contribution < -0.4 is 5.32 Å². The second kappa shape index (κ2) is 13.4. The van der Waals surface area contributed by atoms with Crippen molar-refractivity contribution in [3.8, 4) is 0 Å². The lowest BCUT2D eigenvalue weighted by atomic mass is 10.1. The molecule has 4 rings (SSSR count). The molecule has 10 nitrogen and oxygen atoms in total. The number of nitrogens with one attached hydrogen (secondary N) is 1. The second-order valence-corrected chi connectivity index (χ2v) is 11.4. The van der Waals surface area contributed by atoms with Gasteiger partial charge in [-0.05, 0) is 57.6 Å². The smallest absolute Gasteiger partial charge is 0.341 e. The van der Waals surface area contributed by atoms with Crippen molar-refractivity contribution in [1.82, 2.24) is 14.7 Å². The first kappa shape index (κ1) is 29.0. The van der Waals surface area contributed by atoms with Gasteiger partial charge in [-0.2, -0.15) is 5.10 Å². The van der Waals surface area contributed by atoms with E-state index >= 15 is 0 Å². The van der Waals surface area contributed by atoms with Gasteiger partial charge in [0, 0.05) is 43.9 Å². The normalized spacial score (nSPS) is 16.3. The van der Waals surface area contributed by atoms with Gasteiger partial charge in [-0.3, -0.25) is 19.2 Å². The van der Waals surface area contributed by atoms with Gasteiger partial charge < -0.3 is 14.8 Å².